The molecular formula is C20H22FN5. The van der Waals surface area contributed by atoms with Crippen molar-refractivity contribution in [3.8, 4) is 11.6 Å². The number of aryl methyl sites for hydroxylation is 1. The van der Waals surface area contributed by atoms with E-state index in [1.807, 2.05) is 26.1 Å². The first-order valence-corrected chi connectivity index (χ1v) is 9.00. The van der Waals surface area contributed by atoms with E-state index in [1.54, 1.807) is 18.5 Å². The third kappa shape index (κ3) is 2.79. The zero-order chi connectivity index (χ0) is 18.3. The van der Waals surface area contributed by atoms with Gasteiger partial charge in [-0.3, -0.25) is 0 Å². The lowest BCUT2D eigenvalue weighted by Gasteiger charge is -2.29. The van der Waals surface area contributed by atoms with Crippen molar-refractivity contribution < 1.29 is 4.39 Å². The Kier molecular flexibility index (Phi) is 4.26. The van der Waals surface area contributed by atoms with E-state index in [2.05, 4.69) is 26.8 Å². The van der Waals surface area contributed by atoms with Crippen LogP contribution in [-0.4, -0.2) is 38.7 Å². The molecule has 0 amide bonds. The fourth-order valence-corrected chi connectivity index (χ4v) is 3.86. The molecule has 5 nitrogen and oxygen atoms in total. The SMILES string of the molecule is CCC1C2=C(C=C(C)C(F)C2)CN1c1nc(-c2ncccn2)ncc1C. The van der Waals surface area contributed by atoms with Gasteiger partial charge in [-0.05, 0) is 43.1 Å². The molecule has 0 bridgehead atoms. The lowest BCUT2D eigenvalue weighted by molar-refractivity contribution is 0.370. The van der Waals surface area contributed by atoms with E-state index in [1.165, 1.54) is 11.1 Å². The van der Waals surface area contributed by atoms with Crippen LogP contribution in [0.5, 0.6) is 0 Å². The van der Waals surface area contributed by atoms with Crippen LogP contribution in [-0.2, 0) is 0 Å². The molecule has 0 fully saturated rings. The minimum atomic E-state index is -0.873. The van der Waals surface area contributed by atoms with Gasteiger partial charge in [0.05, 0.1) is 6.04 Å². The van der Waals surface area contributed by atoms with Crippen LogP contribution in [0.25, 0.3) is 11.6 Å². The molecule has 1 aliphatic heterocycles. The largest absolute Gasteiger partial charge is 0.345 e. The first-order valence-electron chi connectivity index (χ1n) is 9.00. The number of allylic oxidation sites excluding steroid dienone is 1. The molecule has 0 aromatic carbocycles. The van der Waals surface area contributed by atoms with Gasteiger partial charge in [0.15, 0.2) is 11.6 Å². The quantitative estimate of drug-likeness (QED) is 0.841. The molecule has 26 heavy (non-hydrogen) atoms. The van der Waals surface area contributed by atoms with Gasteiger partial charge in [0.1, 0.15) is 12.0 Å². The van der Waals surface area contributed by atoms with E-state index in [0.717, 1.165) is 29.9 Å². The van der Waals surface area contributed by atoms with Gasteiger partial charge in [-0.1, -0.05) is 13.0 Å². The second-order valence-corrected chi connectivity index (χ2v) is 6.94. The van der Waals surface area contributed by atoms with Gasteiger partial charge >= 0.3 is 0 Å². The molecule has 3 heterocycles. The van der Waals surface area contributed by atoms with Crippen LogP contribution in [0.1, 0.15) is 32.3 Å². The summed E-state index contributed by atoms with van der Waals surface area (Å²) in [5.41, 5.74) is 4.26. The number of nitrogens with zero attached hydrogens (tertiary/aromatic N) is 5. The maximum Gasteiger partial charge on any atom is 0.199 e. The molecular weight excluding hydrogens is 329 g/mol. The van der Waals surface area contributed by atoms with E-state index >= 15 is 0 Å². The standard InChI is InChI=1S/C20H22FN5/c1-4-17-15-9-16(21)12(2)8-14(15)11-26(17)20-13(3)10-24-19(25-20)18-22-6-5-7-23-18/h5-8,10,16-17H,4,9,11H2,1-3H3. The lowest BCUT2D eigenvalue weighted by atomic mass is 9.89. The molecule has 4 rings (SSSR count). The fourth-order valence-electron chi connectivity index (χ4n) is 3.86. The second kappa shape index (κ2) is 6.59. The van der Waals surface area contributed by atoms with Gasteiger partial charge in [-0.15, -0.1) is 0 Å². The van der Waals surface area contributed by atoms with Crippen molar-refractivity contribution in [2.75, 3.05) is 11.4 Å². The van der Waals surface area contributed by atoms with Crippen molar-refractivity contribution in [2.24, 2.45) is 0 Å². The number of hydrogen-bond acceptors (Lipinski definition) is 5. The van der Waals surface area contributed by atoms with Crippen molar-refractivity contribution in [2.45, 2.75) is 45.8 Å². The number of hydrogen-bond donors (Lipinski definition) is 0. The van der Waals surface area contributed by atoms with Crippen LogP contribution in [0.2, 0.25) is 0 Å². The first-order chi connectivity index (χ1) is 12.6. The highest BCUT2D eigenvalue weighted by molar-refractivity contribution is 5.60. The van der Waals surface area contributed by atoms with Gasteiger partial charge < -0.3 is 4.90 Å². The summed E-state index contributed by atoms with van der Waals surface area (Å²) in [5, 5.41) is 0. The predicted molar refractivity (Wildman–Crippen MR) is 99.5 cm³/mol. The molecule has 134 valence electrons. The van der Waals surface area contributed by atoms with E-state index in [4.69, 9.17) is 4.98 Å². The summed E-state index contributed by atoms with van der Waals surface area (Å²) >= 11 is 0. The summed E-state index contributed by atoms with van der Waals surface area (Å²) in [6, 6.07) is 1.94. The normalized spacial score (nSPS) is 22.5. The van der Waals surface area contributed by atoms with E-state index < -0.39 is 6.17 Å². The van der Waals surface area contributed by atoms with Crippen LogP contribution < -0.4 is 4.90 Å². The van der Waals surface area contributed by atoms with Gasteiger partial charge in [-0.25, -0.2) is 24.3 Å². The Morgan fingerprint density at radius 3 is 2.65 bits per heavy atom. The Morgan fingerprint density at radius 1 is 1.15 bits per heavy atom. The molecule has 2 aromatic rings. The number of alkyl halides is 1. The number of halogens is 1. The molecule has 0 spiro atoms. The Bertz CT molecular complexity index is 890. The van der Waals surface area contributed by atoms with Crippen LogP contribution >= 0.6 is 0 Å². The lowest BCUT2D eigenvalue weighted by Crippen LogP contribution is -2.33. The molecule has 0 N–H and O–H groups in total. The van der Waals surface area contributed by atoms with Crippen molar-refractivity contribution in [3.05, 3.63) is 53.0 Å². The number of rotatable bonds is 3. The van der Waals surface area contributed by atoms with E-state index in [9.17, 15) is 4.39 Å². The topological polar surface area (TPSA) is 54.8 Å². The van der Waals surface area contributed by atoms with Crippen molar-refractivity contribution in [3.63, 3.8) is 0 Å². The molecule has 6 heteroatoms. The highest BCUT2D eigenvalue weighted by Crippen LogP contribution is 2.39. The zero-order valence-corrected chi connectivity index (χ0v) is 15.3. The highest BCUT2D eigenvalue weighted by Gasteiger charge is 2.36. The fraction of sp³-hybridized carbons (Fsp3) is 0.400. The maximum atomic E-state index is 14.3. The minimum absolute atomic E-state index is 0.172. The van der Waals surface area contributed by atoms with Crippen LogP contribution in [0.3, 0.4) is 0 Å². The molecule has 2 unspecified atom stereocenters. The monoisotopic (exact) mass is 351 g/mol. The van der Waals surface area contributed by atoms with Gasteiger partial charge in [0.2, 0.25) is 0 Å². The smallest absolute Gasteiger partial charge is 0.199 e. The molecule has 2 aliphatic rings. The summed E-state index contributed by atoms with van der Waals surface area (Å²) in [5.74, 6) is 1.91. The third-order valence-electron chi connectivity index (χ3n) is 5.20. The van der Waals surface area contributed by atoms with E-state index in [0.29, 0.717) is 18.1 Å². The molecule has 0 radical (unpaired) electrons. The number of anilines is 1. The Balaban J connectivity index is 1.72. The summed E-state index contributed by atoms with van der Waals surface area (Å²) < 4.78 is 14.3. The van der Waals surface area contributed by atoms with Crippen LogP contribution in [0.15, 0.2) is 47.5 Å². The summed E-state index contributed by atoms with van der Waals surface area (Å²) in [6.45, 7) is 6.78. The first kappa shape index (κ1) is 16.8. The summed E-state index contributed by atoms with van der Waals surface area (Å²) in [4.78, 5) is 19.9. The molecule has 0 saturated carbocycles. The molecule has 2 atom stereocenters. The minimum Gasteiger partial charge on any atom is -0.345 e. The van der Waals surface area contributed by atoms with Crippen LogP contribution in [0.4, 0.5) is 10.2 Å². The molecule has 0 saturated heterocycles. The van der Waals surface area contributed by atoms with Crippen molar-refractivity contribution in [1.82, 2.24) is 19.9 Å². The average Bonchev–Trinajstić information content (AvgIpc) is 3.00. The zero-order valence-electron chi connectivity index (χ0n) is 15.3. The second-order valence-electron chi connectivity index (χ2n) is 6.94. The number of aromatic nitrogens is 4. The highest BCUT2D eigenvalue weighted by atomic mass is 19.1. The Hall–Kier alpha value is -2.63. The summed E-state index contributed by atoms with van der Waals surface area (Å²) in [6.07, 6.45) is 7.74. The third-order valence-corrected chi connectivity index (χ3v) is 5.20. The van der Waals surface area contributed by atoms with Crippen LogP contribution in [0, 0.1) is 6.92 Å². The average molecular weight is 351 g/mol. The predicted octanol–water partition coefficient (Wildman–Crippen LogP) is 3.83. The Morgan fingerprint density at radius 2 is 1.92 bits per heavy atom. The molecule has 2 aromatic heterocycles. The van der Waals surface area contributed by atoms with Gasteiger partial charge in [-0.2, -0.15) is 0 Å². The summed E-state index contributed by atoms with van der Waals surface area (Å²) in [7, 11) is 0. The van der Waals surface area contributed by atoms with Gasteiger partial charge in [0, 0.05) is 37.1 Å². The Labute approximate surface area is 152 Å². The van der Waals surface area contributed by atoms with E-state index in [-0.39, 0.29) is 6.04 Å². The van der Waals surface area contributed by atoms with Gasteiger partial charge in [0.25, 0.3) is 0 Å². The van der Waals surface area contributed by atoms with Crippen molar-refractivity contribution in [1.29, 1.82) is 0 Å². The maximum absolute atomic E-state index is 14.3. The van der Waals surface area contributed by atoms with Crippen molar-refractivity contribution >= 4 is 5.82 Å². The molecule has 1 aliphatic carbocycles.